The van der Waals surface area contributed by atoms with Gasteiger partial charge in [-0.15, -0.1) is 0 Å². The van der Waals surface area contributed by atoms with E-state index in [-0.39, 0.29) is 5.82 Å². The van der Waals surface area contributed by atoms with Crippen molar-refractivity contribution in [1.82, 2.24) is 0 Å². The van der Waals surface area contributed by atoms with E-state index in [0.717, 1.165) is 149 Å². The highest BCUT2D eigenvalue weighted by atomic mass is 19.2. The zero-order valence-electron chi connectivity index (χ0n) is 55.0. The number of allylic oxidation sites excluding steroid dienone is 1. The molecule has 3 nitrogen and oxygen atoms in total. The molecule has 0 heterocycles. The summed E-state index contributed by atoms with van der Waals surface area (Å²) in [5.41, 5.74) is 25.4. The molecule has 100 heavy (non-hydrogen) atoms. The van der Waals surface area contributed by atoms with E-state index in [1.807, 2.05) is 19.1 Å². The van der Waals surface area contributed by atoms with Crippen molar-refractivity contribution in [2.45, 2.75) is 49.4 Å². The number of fused-ring (bicyclic) bond motifs is 8. The Kier molecular flexibility index (Phi) is 14.6. The standard InChI is InChI=1S/C94H66F3NO2/c1-59(2)84-57-74(42-52-89(84)95)98(75-41-50-83-81-18-10-12-20-86(81)94(88(83)58-75,70-15-7-4-8-16-70)72-37-47-77(48-38-72)100-79-44-32-63-24-28-66(63)54-79)73-39-29-61(30-40-73)60-21-25-64(26-22-60)92(68-34-51-90(96)91(97)56-68)67-33-49-82-80-17-9-11-19-85(80)93(87(82)55-67,69-13-5-3-6-14-69)71-35-45-76(46-36-71)99-78-43-31-62-23-27-65(62)53-78/h3-22,25-26,29-58,92H,1,23-24,27-28H2,2H3/t92-,93?,94?/m1/s1. The van der Waals surface area contributed by atoms with Crippen LogP contribution >= 0.6 is 0 Å². The van der Waals surface area contributed by atoms with Crippen molar-refractivity contribution in [1.29, 1.82) is 0 Å². The lowest BCUT2D eigenvalue weighted by Gasteiger charge is -2.35. The lowest BCUT2D eigenvalue weighted by Crippen LogP contribution is -2.28. The summed E-state index contributed by atoms with van der Waals surface area (Å²) >= 11 is 0. The lowest BCUT2D eigenvalue weighted by molar-refractivity contribution is 0.480. The van der Waals surface area contributed by atoms with Crippen LogP contribution in [-0.4, -0.2) is 0 Å². The maximum atomic E-state index is 15.8. The molecular weight excluding hydrogens is 1230 g/mol. The molecular formula is C94H66F3NO2. The SMILES string of the molecule is C=C(C)c1cc(N(c2ccc(-c3ccc([C@@H](c4ccc(F)c(F)c4)c4ccc5c(c4)C(c4ccccc4)(c4ccc(Oc6ccc7c(c6)CC7)cc4)c4ccccc4-5)cc3)cc2)c2ccc3c(c2)C(c2ccccc2)(c2ccc(Oc4ccc5c(c4)CC5)cc2)c2ccccc2-3)ccc1F. The molecule has 0 spiro atoms. The lowest BCUT2D eigenvalue weighted by atomic mass is 9.67. The second-order valence-electron chi connectivity index (χ2n) is 27.0. The Morgan fingerprint density at radius 1 is 0.330 bits per heavy atom. The summed E-state index contributed by atoms with van der Waals surface area (Å²) < 4.78 is 59.7. The van der Waals surface area contributed by atoms with Gasteiger partial charge in [0.25, 0.3) is 0 Å². The van der Waals surface area contributed by atoms with Crippen molar-refractivity contribution in [3.05, 3.63) is 428 Å². The number of aryl methyl sites for hydroxylation is 4. The van der Waals surface area contributed by atoms with Crippen LogP contribution in [0, 0.1) is 17.5 Å². The van der Waals surface area contributed by atoms with Gasteiger partial charge in [0.05, 0.1) is 10.8 Å². The molecule has 6 heteroatoms. The monoisotopic (exact) mass is 1300 g/mol. The summed E-state index contributed by atoms with van der Waals surface area (Å²) in [6.45, 7) is 6.03. The molecule has 3 atom stereocenters. The first-order valence-corrected chi connectivity index (χ1v) is 34.4. The van der Waals surface area contributed by atoms with Gasteiger partial charge >= 0.3 is 0 Å². The van der Waals surface area contributed by atoms with Gasteiger partial charge in [-0.05, 0) is 258 Å². The second-order valence-corrected chi connectivity index (χ2v) is 27.0. The molecule has 14 aromatic rings. The van der Waals surface area contributed by atoms with Crippen molar-refractivity contribution in [2.75, 3.05) is 4.90 Å². The highest BCUT2D eigenvalue weighted by molar-refractivity contribution is 5.91. The first-order chi connectivity index (χ1) is 49.1. The zero-order valence-corrected chi connectivity index (χ0v) is 55.0. The maximum absolute atomic E-state index is 15.8. The third-order valence-electron chi connectivity index (χ3n) is 21.5. The Morgan fingerprint density at radius 3 is 1.26 bits per heavy atom. The molecule has 14 aromatic carbocycles. The molecule has 0 saturated heterocycles. The summed E-state index contributed by atoms with van der Waals surface area (Å²) in [5, 5.41) is 0. The van der Waals surface area contributed by atoms with Gasteiger partial charge in [0.15, 0.2) is 11.6 Å². The Morgan fingerprint density at radius 2 is 0.740 bits per heavy atom. The molecule has 0 saturated carbocycles. The summed E-state index contributed by atoms with van der Waals surface area (Å²) in [4.78, 5) is 2.20. The van der Waals surface area contributed by atoms with Crippen LogP contribution in [0.2, 0.25) is 0 Å². The normalized spacial score (nSPS) is 15.9. The number of anilines is 3. The molecule has 0 aliphatic heterocycles. The van der Waals surface area contributed by atoms with Gasteiger partial charge in [-0.1, -0.05) is 219 Å². The maximum Gasteiger partial charge on any atom is 0.159 e. The topological polar surface area (TPSA) is 21.7 Å². The Balaban J connectivity index is 0.719. The fraction of sp³-hybridized carbons (Fsp3) is 0.0851. The molecule has 18 rings (SSSR count). The van der Waals surface area contributed by atoms with E-state index in [1.165, 1.54) is 46.0 Å². The van der Waals surface area contributed by atoms with Crippen molar-refractivity contribution in [2.24, 2.45) is 0 Å². The predicted octanol–water partition coefficient (Wildman–Crippen LogP) is 24.0. The smallest absolute Gasteiger partial charge is 0.159 e. The summed E-state index contributed by atoms with van der Waals surface area (Å²) in [6.07, 6.45) is 4.37. The average molecular weight is 1300 g/mol. The minimum atomic E-state index is -0.907. The predicted molar refractivity (Wildman–Crippen MR) is 397 cm³/mol. The van der Waals surface area contributed by atoms with Crippen molar-refractivity contribution in [3.63, 3.8) is 0 Å². The Labute approximate surface area is 581 Å². The molecule has 0 amide bonds. The van der Waals surface area contributed by atoms with Crippen LogP contribution in [0.1, 0.15) is 102 Å². The van der Waals surface area contributed by atoms with Crippen LogP contribution in [0.3, 0.4) is 0 Å². The van der Waals surface area contributed by atoms with Gasteiger partial charge in [0.2, 0.25) is 0 Å². The van der Waals surface area contributed by atoms with Gasteiger partial charge in [0, 0.05) is 28.5 Å². The minimum absolute atomic E-state index is 0.340. The highest BCUT2D eigenvalue weighted by Gasteiger charge is 2.48. The minimum Gasteiger partial charge on any atom is -0.457 e. The molecule has 0 N–H and O–H groups in total. The summed E-state index contributed by atoms with van der Waals surface area (Å²) in [7, 11) is 0. The van der Waals surface area contributed by atoms with Gasteiger partial charge in [-0.25, -0.2) is 13.2 Å². The Hall–Kier alpha value is -12.0. The second kappa shape index (κ2) is 24.2. The number of ether oxygens (including phenoxy) is 2. The van der Waals surface area contributed by atoms with E-state index < -0.39 is 28.4 Å². The van der Waals surface area contributed by atoms with Crippen LogP contribution in [0.15, 0.2) is 322 Å². The van der Waals surface area contributed by atoms with Crippen LogP contribution in [0.25, 0.3) is 39.0 Å². The largest absolute Gasteiger partial charge is 0.457 e. The van der Waals surface area contributed by atoms with Crippen LogP contribution in [0.5, 0.6) is 23.0 Å². The average Bonchev–Trinajstić information content (AvgIpc) is 1.54. The number of nitrogens with zero attached hydrogens (tertiary/aromatic N) is 1. The van der Waals surface area contributed by atoms with Crippen LogP contribution < -0.4 is 14.4 Å². The number of hydrogen-bond donors (Lipinski definition) is 0. The van der Waals surface area contributed by atoms with Gasteiger partial charge in [-0.3, -0.25) is 0 Å². The molecule has 0 radical (unpaired) electrons. The van der Waals surface area contributed by atoms with E-state index >= 15 is 13.2 Å². The van der Waals surface area contributed by atoms with Crippen molar-refractivity contribution >= 4 is 22.6 Å². The van der Waals surface area contributed by atoms with Gasteiger partial charge < -0.3 is 14.4 Å². The van der Waals surface area contributed by atoms with Crippen molar-refractivity contribution < 1.29 is 22.6 Å². The number of hydrogen-bond acceptors (Lipinski definition) is 3. The molecule has 480 valence electrons. The van der Waals surface area contributed by atoms with Crippen LogP contribution in [-0.2, 0) is 36.5 Å². The molecule has 4 aliphatic carbocycles. The van der Waals surface area contributed by atoms with Gasteiger partial charge in [0.1, 0.15) is 28.8 Å². The molecule has 0 fully saturated rings. The summed E-state index contributed by atoms with van der Waals surface area (Å²) in [6, 6.07) is 109. The van der Waals surface area contributed by atoms with E-state index in [2.05, 4.69) is 291 Å². The quantitative estimate of drug-likeness (QED) is 0.0900. The highest BCUT2D eigenvalue weighted by Crippen LogP contribution is 2.60. The van der Waals surface area contributed by atoms with E-state index in [1.54, 1.807) is 6.07 Å². The third-order valence-corrected chi connectivity index (χ3v) is 21.5. The molecule has 2 unspecified atom stereocenters. The van der Waals surface area contributed by atoms with E-state index in [0.29, 0.717) is 16.7 Å². The first kappa shape index (κ1) is 60.4. The number of halogens is 3. The first-order valence-electron chi connectivity index (χ1n) is 34.4. The zero-order chi connectivity index (χ0) is 67.2. The fourth-order valence-corrected chi connectivity index (χ4v) is 16.5. The molecule has 0 bridgehead atoms. The number of rotatable bonds is 16. The Bertz CT molecular complexity index is 5550. The van der Waals surface area contributed by atoms with Crippen LogP contribution in [0.4, 0.5) is 30.2 Å². The van der Waals surface area contributed by atoms with Crippen molar-refractivity contribution in [3.8, 4) is 56.4 Å². The summed E-state index contributed by atoms with van der Waals surface area (Å²) in [5.74, 6) is 0.537. The van der Waals surface area contributed by atoms with E-state index in [4.69, 9.17) is 9.47 Å². The molecule has 4 aliphatic rings. The fourth-order valence-electron chi connectivity index (χ4n) is 16.5. The molecule has 0 aromatic heterocycles. The van der Waals surface area contributed by atoms with Gasteiger partial charge in [-0.2, -0.15) is 0 Å². The third kappa shape index (κ3) is 9.94. The van der Waals surface area contributed by atoms with E-state index in [9.17, 15) is 0 Å². The number of benzene rings is 14.